The van der Waals surface area contributed by atoms with Crippen LogP contribution in [0, 0.1) is 11.8 Å². The van der Waals surface area contributed by atoms with Crippen LogP contribution in [0.25, 0.3) is 0 Å². The number of ether oxygens (including phenoxy) is 14. The fraction of sp³-hybridized carbons (Fsp3) is 0.739. The summed E-state index contributed by atoms with van der Waals surface area (Å²) < 4.78 is 83.8. The van der Waals surface area contributed by atoms with E-state index in [2.05, 4.69) is 0 Å². The molecule has 6 saturated heterocycles. The first-order valence-electron chi connectivity index (χ1n) is 24.0. The number of hydrogen-bond donors (Lipinski definition) is 16. The third-order valence-electron chi connectivity index (χ3n) is 14.4. The second-order valence-corrected chi connectivity index (χ2v) is 18.8. The Kier molecular flexibility index (Phi) is 18.5. The first-order chi connectivity index (χ1) is 36.3. The lowest BCUT2D eigenvalue weighted by Crippen LogP contribution is -2.60. The van der Waals surface area contributed by atoms with Crippen molar-refractivity contribution in [1.82, 2.24) is 0 Å². The predicted molar refractivity (Wildman–Crippen MR) is 241 cm³/mol. The van der Waals surface area contributed by atoms with Crippen LogP contribution in [0.2, 0.25) is 0 Å². The van der Waals surface area contributed by atoms with Gasteiger partial charge in [0.15, 0.2) is 23.0 Å². The molecule has 0 bridgehead atoms. The highest BCUT2D eigenvalue weighted by atomic mass is 16.7. The van der Waals surface area contributed by atoms with E-state index in [9.17, 15) is 81.7 Å². The van der Waals surface area contributed by atoms with Gasteiger partial charge in [-0.05, 0) is 0 Å². The van der Waals surface area contributed by atoms with Crippen molar-refractivity contribution in [3.05, 3.63) is 23.3 Å². The summed E-state index contributed by atoms with van der Waals surface area (Å²) in [6, 6.07) is 2.43. The van der Waals surface area contributed by atoms with Gasteiger partial charge in [0.05, 0.1) is 91.4 Å². The van der Waals surface area contributed by atoms with E-state index >= 15 is 0 Å². The summed E-state index contributed by atoms with van der Waals surface area (Å²) in [4.78, 5) is 0. The van der Waals surface area contributed by atoms with E-state index in [4.69, 9.17) is 66.3 Å². The summed E-state index contributed by atoms with van der Waals surface area (Å²) in [5, 5.41) is 169. The van der Waals surface area contributed by atoms with Crippen molar-refractivity contribution in [1.29, 1.82) is 0 Å². The Morgan fingerprint density at radius 2 is 0.632 bits per heavy atom. The van der Waals surface area contributed by atoms with Gasteiger partial charge in [0.1, 0.15) is 109 Å². The molecule has 0 spiro atoms. The molecule has 6 heterocycles. The van der Waals surface area contributed by atoms with Crippen molar-refractivity contribution in [2.24, 2.45) is 11.8 Å². The number of fused-ring (bicyclic) bond motifs is 1. The summed E-state index contributed by atoms with van der Waals surface area (Å²) >= 11 is 0. The highest BCUT2D eigenvalue weighted by molar-refractivity contribution is 5.65. The minimum atomic E-state index is -1.95. The molecule has 2 aromatic rings. The number of benzene rings is 2. The Labute approximate surface area is 431 Å². The highest BCUT2D eigenvalue weighted by Gasteiger charge is 2.55. The number of aliphatic hydroxyl groups excluding tert-OH is 16. The SMILES string of the molecule is COc1cc(OC2OC(CO)C(O)C(O)C2O)c(C2OCC3C(c4c(OC5OC(CO)C(O)C(O)C5O)cc(OC)c(OC5OC(CO)C(O)C(O)C5O)c4OC)OCC23)c(OC)c1OC1OC(CO)C(O)C(O)C1O. The molecule has 24 atom stereocenters. The smallest absolute Gasteiger partial charge is 0.229 e. The monoisotopic (exact) mass is 1100 g/mol. The lowest BCUT2D eigenvalue weighted by atomic mass is 9.83. The van der Waals surface area contributed by atoms with E-state index in [1.165, 1.54) is 40.6 Å². The number of rotatable bonds is 18. The molecule has 6 fully saturated rings. The molecule has 0 amide bonds. The first-order valence-corrected chi connectivity index (χ1v) is 24.0. The zero-order valence-corrected chi connectivity index (χ0v) is 41.1. The fourth-order valence-corrected chi connectivity index (χ4v) is 10.2. The first kappa shape index (κ1) is 58.1. The van der Waals surface area contributed by atoms with Gasteiger partial charge in [0, 0.05) is 24.0 Å². The van der Waals surface area contributed by atoms with E-state index in [-0.39, 0.29) is 70.3 Å². The summed E-state index contributed by atoms with van der Waals surface area (Å²) in [5.41, 5.74) is -0.106. The van der Waals surface area contributed by atoms with Gasteiger partial charge < -0.3 is 148 Å². The Bertz CT molecular complexity index is 2100. The molecule has 76 heavy (non-hydrogen) atoms. The van der Waals surface area contributed by atoms with Crippen LogP contribution >= 0.6 is 0 Å². The van der Waals surface area contributed by atoms with Gasteiger partial charge in [-0.15, -0.1) is 0 Å². The van der Waals surface area contributed by atoms with Crippen molar-refractivity contribution in [2.45, 2.75) is 135 Å². The van der Waals surface area contributed by atoms with Crippen LogP contribution in [-0.4, -0.2) is 273 Å². The van der Waals surface area contributed by atoms with Gasteiger partial charge in [0.2, 0.25) is 36.7 Å². The lowest BCUT2D eigenvalue weighted by Gasteiger charge is -2.40. The van der Waals surface area contributed by atoms with Crippen molar-refractivity contribution in [3.63, 3.8) is 0 Å². The van der Waals surface area contributed by atoms with Crippen LogP contribution < -0.4 is 37.9 Å². The fourth-order valence-electron chi connectivity index (χ4n) is 10.2. The molecule has 16 N–H and O–H groups in total. The molecule has 430 valence electrons. The molecule has 0 aromatic heterocycles. The molecule has 24 unspecified atom stereocenters. The summed E-state index contributed by atoms with van der Waals surface area (Å²) in [6.07, 6.45) is -37.9. The highest BCUT2D eigenvalue weighted by Crippen LogP contribution is 2.61. The lowest BCUT2D eigenvalue weighted by molar-refractivity contribution is -0.278. The van der Waals surface area contributed by atoms with Crippen LogP contribution in [0.3, 0.4) is 0 Å². The standard InChI is InChI=1S/C46H66O30/c1-63-17-5-15(69-43-33(59)29(55)25(51)19(7-47)71-43)23(41(65-3)39(17)75-45-35(61)31(57)27(53)21(9-49)73-45)37-13-11-68-38(14(13)12-67-37)24-16(70-44-34(60)30(56)26(52)20(8-48)72-44)6-18(64-2)40(42(24)66-4)76-46-36(62)32(58)28(54)22(10-50)74-46/h5-6,13-14,19-22,25-38,43-62H,7-12H2,1-4H3. The molecule has 0 saturated carbocycles. The maximum absolute atomic E-state index is 11.1. The van der Waals surface area contributed by atoms with E-state index in [0.717, 1.165) is 0 Å². The molecule has 2 aromatic carbocycles. The Morgan fingerprint density at radius 1 is 0.355 bits per heavy atom. The number of hydrogen-bond acceptors (Lipinski definition) is 30. The van der Waals surface area contributed by atoms with E-state index in [1.54, 1.807) is 0 Å². The minimum absolute atomic E-state index is 0.0530. The average molecular weight is 1100 g/mol. The van der Waals surface area contributed by atoms with Crippen molar-refractivity contribution in [3.8, 4) is 46.0 Å². The van der Waals surface area contributed by atoms with Crippen LogP contribution in [0.15, 0.2) is 12.1 Å². The van der Waals surface area contributed by atoms with Gasteiger partial charge in [0.25, 0.3) is 0 Å². The normalized spacial score (nSPS) is 41.5. The molecule has 0 radical (unpaired) electrons. The van der Waals surface area contributed by atoms with Gasteiger partial charge >= 0.3 is 0 Å². The number of aliphatic hydroxyl groups is 16. The third-order valence-corrected chi connectivity index (χ3v) is 14.4. The van der Waals surface area contributed by atoms with Gasteiger partial charge in [-0.2, -0.15) is 0 Å². The molecular formula is C46H66O30. The Hall–Kier alpha value is -4.04. The zero-order valence-electron chi connectivity index (χ0n) is 41.1. The maximum Gasteiger partial charge on any atom is 0.229 e. The minimum Gasteiger partial charge on any atom is -0.493 e. The van der Waals surface area contributed by atoms with Crippen molar-refractivity contribution >= 4 is 0 Å². The van der Waals surface area contributed by atoms with E-state index in [0.29, 0.717) is 0 Å². The van der Waals surface area contributed by atoms with Crippen molar-refractivity contribution in [2.75, 3.05) is 68.1 Å². The van der Waals surface area contributed by atoms with Crippen LogP contribution in [-0.2, 0) is 28.4 Å². The van der Waals surface area contributed by atoms with Gasteiger partial charge in [-0.25, -0.2) is 0 Å². The molecule has 6 aliphatic heterocycles. The second kappa shape index (κ2) is 24.1. The molecule has 8 rings (SSSR count). The molecule has 6 aliphatic rings. The third kappa shape index (κ3) is 10.5. The average Bonchev–Trinajstić information content (AvgIpc) is 4.04. The molecule has 30 heteroatoms. The quantitative estimate of drug-likeness (QED) is 0.0659. The summed E-state index contributed by atoms with van der Waals surface area (Å²) in [5.74, 6) is -3.83. The van der Waals surface area contributed by atoms with E-state index in [1.807, 2.05) is 0 Å². The zero-order chi connectivity index (χ0) is 55.2. The molecule has 0 aliphatic carbocycles. The van der Waals surface area contributed by atoms with Crippen LogP contribution in [0.5, 0.6) is 46.0 Å². The summed E-state index contributed by atoms with van der Waals surface area (Å²) in [6.45, 7) is -3.73. The predicted octanol–water partition coefficient (Wildman–Crippen LogP) is -7.49. The second-order valence-electron chi connectivity index (χ2n) is 18.8. The van der Waals surface area contributed by atoms with E-state index < -0.39 is 173 Å². The van der Waals surface area contributed by atoms with Crippen LogP contribution in [0.1, 0.15) is 23.3 Å². The number of methoxy groups -OCH3 is 4. The molecular weight excluding hydrogens is 1030 g/mol. The largest absolute Gasteiger partial charge is 0.493 e. The van der Waals surface area contributed by atoms with Gasteiger partial charge in [-0.3, -0.25) is 0 Å². The Balaban J connectivity index is 1.24. The molecule has 30 nitrogen and oxygen atoms in total. The van der Waals surface area contributed by atoms with Crippen LogP contribution in [0.4, 0.5) is 0 Å². The topological polar surface area (TPSA) is 453 Å². The maximum atomic E-state index is 11.1. The van der Waals surface area contributed by atoms with Gasteiger partial charge in [-0.1, -0.05) is 0 Å². The van der Waals surface area contributed by atoms with Crippen molar-refractivity contribution < 1.29 is 148 Å². The summed E-state index contributed by atoms with van der Waals surface area (Å²) in [7, 11) is 4.78. The Morgan fingerprint density at radius 3 is 0.882 bits per heavy atom.